The van der Waals surface area contributed by atoms with Crippen molar-refractivity contribution in [2.75, 3.05) is 17.7 Å². The summed E-state index contributed by atoms with van der Waals surface area (Å²) in [6.07, 6.45) is 1.60. The average Bonchev–Trinajstić information content (AvgIpc) is 2.66. The highest BCUT2D eigenvalue weighted by atomic mass is 16.5. The Kier molecular flexibility index (Phi) is 5.41. The van der Waals surface area contributed by atoms with Gasteiger partial charge in [-0.1, -0.05) is 48.0 Å². The van der Waals surface area contributed by atoms with E-state index in [1.807, 2.05) is 24.3 Å². The first-order chi connectivity index (χ1) is 12.2. The number of anilines is 2. The standard InChI is InChI=1S/C19H21N5O/c1-14-7-9-15(10-8-14)11-21-19-23-18(13-22-24-19)20-12-16-5-3-4-6-17(16)25-2/h3-10,13H,11-12H2,1-2H3,(H2,20,21,23,24). The Labute approximate surface area is 147 Å². The van der Waals surface area contributed by atoms with E-state index in [4.69, 9.17) is 4.74 Å². The Morgan fingerprint density at radius 1 is 0.960 bits per heavy atom. The van der Waals surface area contributed by atoms with Crippen molar-refractivity contribution in [1.29, 1.82) is 0 Å². The molecular formula is C19H21N5O. The number of hydrogen-bond acceptors (Lipinski definition) is 6. The quantitative estimate of drug-likeness (QED) is 0.689. The van der Waals surface area contributed by atoms with Crippen molar-refractivity contribution in [3.8, 4) is 5.75 Å². The van der Waals surface area contributed by atoms with Crippen LogP contribution in [0.5, 0.6) is 5.75 Å². The van der Waals surface area contributed by atoms with Crippen molar-refractivity contribution in [2.45, 2.75) is 20.0 Å². The molecule has 0 saturated carbocycles. The third-order valence-electron chi connectivity index (χ3n) is 3.78. The average molecular weight is 335 g/mol. The van der Waals surface area contributed by atoms with E-state index in [0.717, 1.165) is 11.3 Å². The van der Waals surface area contributed by atoms with Crippen LogP contribution in [0, 0.1) is 6.92 Å². The molecule has 6 heteroatoms. The molecule has 128 valence electrons. The summed E-state index contributed by atoms with van der Waals surface area (Å²) in [5.41, 5.74) is 3.46. The van der Waals surface area contributed by atoms with E-state index in [0.29, 0.717) is 24.9 Å². The van der Waals surface area contributed by atoms with Crippen LogP contribution in [0.25, 0.3) is 0 Å². The number of para-hydroxylation sites is 1. The van der Waals surface area contributed by atoms with Gasteiger partial charge in [0.05, 0.1) is 13.3 Å². The van der Waals surface area contributed by atoms with Crippen molar-refractivity contribution in [1.82, 2.24) is 15.2 Å². The normalized spacial score (nSPS) is 10.3. The van der Waals surface area contributed by atoms with Crippen LogP contribution < -0.4 is 15.4 Å². The van der Waals surface area contributed by atoms with Gasteiger partial charge in [-0.15, -0.1) is 5.10 Å². The third kappa shape index (κ3) is 4.67. The second-order valence-corrected chi connectivity index (χ2v) is 5.67. The lowest BCUT2D eigenvalue weighted by Gasteiger charge is -2.10. The molecule has 0 bridgehead atoms. The summed E-state index contributed by atoms with van der Waals surface area (Å²) in [6, 6.07) is 16.2. The predicted octanol–water partition coefficient (Wildman–Crippen LogP) is 3.41. The molecule has 0 atom stereocenters. The molecule has 2 N–H and O–H groups in total. The first-order valence-corrected chi connectivity index (χ1v) is 8.09. The number of rotatable bonds is 7. The zero-order valence-electron chi connectivity index (χ0n) is 14.4. The van der Waals surface area contributed by atoms with Crippen LogP contribution in [0.4, 0.5) is 11.8 Å². The molecule has 0 radical (unpaired) electrons. The van der Waals surface area contributed by atoms with Crippen molar-refractivity contribution >= 4 is 11.8 Å². The van der Waals surface area contributed by atoms with Crippen molar-refractivity contribution in [3.05, 3.63) is 71.4 Å². The van der Waals surface area contributed by atoms with Gasteiger partial charge >= 0.3 is 0 Å². The van der Waals surface area contributed by atoms with Crippen LogP contribution in [-0.4, -0.2) is 22.3 Å². The maximum atomic E-state index is 5.35. The predicted molar refractivity (Wildman–Crippen MR) is 98.7 cm³/mol. The minimum Gasteiger partial charge on any atom is -0.496 e. The van der Waals surface area contributed by atoms with Gasteiger partial charge in [0.2, 0.25) is 5.95 Å². The van der Waals surface area contributed by atoms with Gasteiger partial charge in [-0.3, -0.25) is 0 Å². The molecule has 2 aromatic carbocycles. The van der Waals surface area contributed by atoms with Gasteiger partial charge in [-0.05, 0) is 18.6 Å². The number of methoxy groups -OCH3 is 1. The lowest BCUT2D eigenvalue weighted by Crippen LogP contribution is -2.08. The fraction of sp³-hybridized carbons (Fsp3) is 0.211. The number of nitrogens with zero attached hydrogens (tertiary/aromatic N) is 3. The molecule has 0 aliphatic carbocycles. The topological polar surface area (TPSA) is 72.0 Å². The van der Waals surface area contributed by atoms with E-state index < -0.39 is 0 Å². The van der Waals surface area contributed by atoms with E-state index in [2.05, 4.69) is 57.0 Å². The van der Waals surface area contributed by atoms with Gasteiger partial charge in [-0.25, -0.2) is 0 Å². The summed E-state index contributed by atoms with van der Waals surface area (Å²) in [5.74, 6) is 1.99. The van der Waals surface area contributed by atoms with Crippen LogP contribution in [0.15, 0.2) is 54.7 Å². The summed E-state index contributed by atoms with van der Waals surface area (Å²) in [5, 5.41) is 14.5. The minimum atomic E-state index is 0.491. The number of aromatic nitrogens is 3. The molecule has 1 heterocycles. The van der Waals surface area contributed by atoms with Gasteiger partial charge in [-0.2, -0.15) is 10.1 Å². The zero-order valence-corrected chi connectivity index (χ0v) is 14.4. The van der Waals surface area contributed by atoms with Crippen molar-refractivity contribution in [3.63, 3.8) is 0 Å². The second kappa shape index (κ2) is 8.10. The van der Waals surface area contributed by atoms with Gasteiger partial charge < -0.3 is 15.4 Å². The Hall–Kier alpha value is -3.15. The van der Waals surface area contributed by atoms with Crippen LogP contribution in [0.3, 0.4) is 0 Å². The minimum absolute atomic E-state index is 0.491. The summed E-state index contributed by atoms with van der Waals surface area (Å²) >= 11 is 0. The van der Waals surface area contributed by atoms with Crippen molar-refractivity contribution < 1.29 is 4.74 Å². The van der Waals surface area contributed by atoms with Crippen LogP contribution in [-0.2, 0) is 13.1 Å². The van der Waals surface area contributed by atoms with E-state index in [9.17, 15) is 0 Å². The highest BCUT2D eigenvalue weighted by molar-refractivity contribution is 5.41. The molecule has 0 saturated heterocycles. The summed E-state index contributed by atoms with van der Waals surface area (Å²) < 4.78 is 5.35. The number of benzene rings is 2. The summed E-state index contributed by atoms with van der Waals surface area (Å²) in [6.45, 7) is 3.32. The van der Waals surface area contributed by atoms with Gasteiger partial charge in [0.15, 0.2) is 5.82 Å². The van der Waals surface area contributed by atoms with Crippen LogP contribution in [0.2, 0.25) is 0 Å². The SMILES string of the molecule is COc1ccccc1CNc1cnnc(NCc2ccc(C)cc2)n1. The molecule has 0 unspecified atom stereocenters. The highest BCUT2D eigenvalue weighted by Crippen LogP contribution is 2.18. The van der Waals surface area contributed by atoms with Crippen LogP contribution in [0.1, 0.15) is 16.7 Å². The maximum Gasteiger partial charge on any atom is 0.244 e. The lowest BCUT2D eigenvalue weighted by atomic mass is 10.1. The number of aryl methyl sites for hydroxylation is 1. The fourth-order valence-corrected chi connectivity index (χ4v) is 2.39. The molecule has 0 amide bonds. The molecule has 6 nitrogen and oxygen atoms in total. The fourth-order valence-electron chi connectivity index (χ4n) is 2.39. The Balaban J connectivity index is 1.60. The van der Waals surface area contributed by atoms with Crippen LogP contribution >= 0.6 is 0 Å². The Morgan fingerprint density at radius 3 is 2.56 bits per heavy atom. The molecular weight excluding hydrogens is 314 g/mol. The monoisotopic (exact) mass is 335 g/mol. The smallest absolute Gasteiger partial charge is 0.244 e. The highest BCUT2D eigenvalue weighted by Gasteiger charge is 2.04. The van der Waals surface area contributed by atoms with Crippen molar-refractivity contribution in [2.24, 2.45) is 0 Å². The molecule has 0 aliphatic heterocycles. The molecule has 0 aliphatic rings. The molecule has 0 fully saturated rings. The first kappa shape index (κ1) is 16.7. The zero-order chi connectivity index (χ0) is 17.5. The van der Waals surface area contributed by atoms with E-state index in [-0.39, 0.29) is 0 Å². The largest absolute Gasteiger partial charge is 0.496 e. The Bertz CT molecular complexity index is 820. The lowest BCUT2D eigenvalue weighted by molar-refractivity contribution is 0.410. The number of nitrogens with one attached hydrogen (secondary N) is 2. The second-order valence-electron chi connectivity index (χ2n) is 5.67. The van der Waals surface area contributed by atoms with Gasteiger partial charge in [0.1, 0.15) is 5.75 Å². The first-order valence-electron chi connectivity index (χ1n) is 8.09. The van der Waals surface area contributed by atoms with E-state index in [1.165, 1.54) is 11.1 Å². The molecule has 3 aromatic rings. The molecule has 3 rings (SSSR count). The summed E-state index contributed by atoms with van der Waals surface area (Å²) in [4.78, 5) is 4.44. The molecule has 0 spiro atoms. The Morgan fingerprint density at radius 2 is 1.76 bits per heavy atom. The third-order valence-corrected chi connectivity index (χ3v) is 3.78. The molecule has 25 heavy (non-hydrogen) atoms. The van der Waals surface area contributed by atoms with E-state index >= 15 is 0 Å². The van der Waals surface area contributed by atoms with Gasteiger partial charge in [0.25, 0.3) is 0 Å². The maximum absolute atomic E-state index is 5.35. The number of hydrogen-bond donors (Lipinski definition) is 2. The number of ether oxygens (including phenoxy) is 1. The van der Waals surface area contributed by atoms with Gasteiger partial charge in [0, 0.05) is 18.7 Å². The van der Waals surface area contributed by atoms with E-state index in [1.54, 1.807) is 13.3 Å². The molecule has 1 aromatic heterocycles. The summed E-state index contributed by atoms with van der Waals surface area (Å²) in [7, 11) is 1.66.